The van der Waals surface area contributed by atoms with Crippen molar-refractivity contribution >= 4 is 34.0 Å². The first-order chi connectivity index (χ1) is 11.5. The number of carbonyl (C=O) groups is 2. The van der Waals surface area contributed by atoms with E-state index in [1.165, 1.54) is 12.3 Å². The summed E-state index contributed by atoms with van der Waals surface area (Å²) in [5.41, 5.74) is 3.42. The minimum Gasteiger partial charge on any atom is -0.507 e. The lowest BCUT2D eigenvalue weighted by molar-refractivity contribution is -0.139. The maximum Gasteiger partial charge on any atom is 0.329 e. The van der Waals surface area contributed by atoms with Gasteiger partial charge in [0.25, 0.3) is 0 Å². The Morgan fingerprint density at radius 3 is 2.58 bits per heavy atom. The molecule has 0 heterocycles. The third kappa shape index (κ3) is 4.92. The standard InChI is InChI=1S/C17H16BrN3O3/c1-11(12-5-3-2-4-6-12)20-16(23)17(24)21-19-10-13-9-14(18)7-8-15(13)22/h2-11,22H,1H3,(H,20,23)(H,21,24). The van der Waals surface area contributed by atoms with Crippen LogP contribution in [0.15, 0.2) is 58.1 Å². The van der Waals surface area contributed by atoms with Crippen LogP contribution >= 0.6 is 15.9 Å². The molecule has 2 amide bonds. The Morgan fingerprint density at radius 2 is 1.88 bits per heavy atom. The van der Waals surface area contributed by atoms with Crippen molar-refractivity contribution in [2.24, 2.45) is 5.10 Å². The summed E-state index contributed by atoms with van der Waals surface area (Å²) in [4.78, 5) is 23.6. The fraction of sp³-hybridized carbons (Fsp3) is 0.118. The number of rotatable bonds is 4. The normalized spacial score (nSPS) is 11.9. The van der Waals surface area contributed by atoms with Crippen molar-refractivity contribution in [1.82, 2.24) is 10.7 Å². The number of phenols is 1. The molecule has 24 heavy (non-hydrogen) atoms. The Labute approximate surface area is 147 Å². The third-order valence-corrected chi connectivity index (χ3v) is 3.71. The van der Waals surface area contributed by atoms with Crippen LogP contribution in [0.2, 0.25) is 0 Å². The molecule has 0 aliphatic rings. The van der Waals surface area contributed by atoms with Crippen LogP contribution in [0.5, 0.6) is 5.75 Å². The minimum absolute atomic E-state index is 0.0124. The van der Waals surface area contributed by atoms with Crippen LogP contribution in [-0.4, -0.2) is 23.1 Å². The highest BCUT2D eigenvalue weighted by Gasteiger charge is 2.16. The number of hydrogen-bond acceptors (Lipinski definition) is 4. The SMILES string of the molecule is CC(NC(=O)C(=O)NN=Cc1cc(Br)ccc1O)c1ccccc1. The molecule has 0 aliphatic heterocycles. The molecule has 1 unspecified atom stereocenters. The van der Waals surface area contributed by atoms with Gasteiger partial charge in [0.15, 0.2) is 0 Å². The van der Waals surface area contributed by atoms with E-state index in [9.17, 15) is 14.7 Å². The third-order valence-electron chi connectivity index (χ3n) is 3.21. The molecule has 0 aromatic heterocycles. The molecular weight excluding hydrogens is 374 g/mol. The number of nitrogens with zero attached hydrogens (tertiary/aromatic N) is 1. The molecule has 7 heteroatoms. The molecule has 0 saturated carbocycles. The first kappa shape index (κ1) is 17.7. The van der Waals surface area contributed by atoms with Gasteiger partial charge in [0.2, 0.25) is 0 Å². The molecular formula is C17H16BrN3O3. The molecule has 0 bridgehead atoms. The largest absolute Gasteiger partial charge is 0.507 e. The number of benzene rings is 2. The van der Waals surface area contributed by atoms with E-state index in [-0.39, 0.29) is 11.8 Å². The van der Waals surface area contributed by atoms with E-state index in [0.717, 1.165) is 10.0 Å². The van der Waals surface area contributed by atoms with Crippen LogP contribution in [0.3, 0.4) is 0 Å². The maximum absolute atomic E-state index is 11.8. The van der Waals surface area contributed by atoms with Gasteiger partial charge in [-0.1, -0.05) is 46.3 Å². The minimum atomic E-state index is -0.886. The van der Waals surface area contributed by atoms with Crippen LogP contribution in [0.1, 0.15) is 24.1 Å². The molecule has 0 spiro atoms. The highest BCUT2D eigenvalue weighted by molar-refractivity contribution is 9.10. The Bertz CT molecular complexity index is 763. The highest BCUT2D eigenvalue weighted by atomic mass is 79.9. The van der Waals surface area contributed by atoms with E-state index in [2.05, 4.69) is 31.8 Å². The molecule has 2 aromatic rings. The molecule has 0 saturated heterocycles. The summed E-state index contributed by atoms with van der Waals surface area (Å²) in [6.07, 6.45) is 1.26. The zero-order valence-corrected chi connectivity index (χ0v) is 14.4. The van der Waals surface area contributed by atoms with Gasteiger partial charge in [-0.05, 0) is 30.7 Å². The first-order valence-electron chi connectivity index (χ1n) is 7.14. The molecule has 3 N–H and O–H groups in total. The predicted octanol–water partition coefficient (Wildman–Crippen LogP) is 2.48. The number of halogens is 1. The van der Waals surface area contributed by atoms with Crippen molar-refractivity contribution in [3.8, 4) is 5.75 Å². The molecule has 0 aliphatic carbocycles. The average Bonchev–Trinajstić information content (AvgIpc) is 2.58. The second-order valence-corrected chi connectivity index (χ2v) is 5.92. The van der Waals surface area contributed by atoms with Crippen LogP contribution in [0.25, 0.3) is 0 Å². The van der Waals surface area contributed by atoms with Gasteiger partial charge in [0.05, 0.1) is 12.3 Å². The summed E-state index contributed by atoms with van der Waals surface area (Å²) in [7, 11) is 0. The quantitative estimate of drug-likeness (QED) is 0.426. The van der Waals surface area contributed by atoms with Crippen LogP contribution < -0.4 is 10.7 Å². The van der Waals surface area contributed by atoms with Crippen molar-refractivity contribution in [1.29, 1.82) is 0 Å². The van der Waals surface area contributed by atoms with Crippen molar-refractivity contribution < 1.29 is 14.7 Å². The van der Waals surface area contributed by atoms with Crippen molar-refractivity contribution in [3.05, 3.63) is 64.1 Å². The van der Waals surface area contributed by atoms with Crippen molar-refractivity contribution in [2.75, 3.05) is 0 Å². The lowest BCUT2D eigenvalue weighted by Crippen LogP contribution is -2.39. The van der Waals surface area contributed by atoms with E-state index in [1.807, 2.05) is 30.3 Å². The number of amides is 2. The molecule has 0 fully saturated rings. The van der Waals surface area contributed by atoms with Gasteiger partial charge in [-0.15, -0.1) is 0 Å². The van der Waals surface area contributed by atoms with E-state index < -0.39 is 11.8 Å². The fourth-order valence-corrected chi connectivity index (χ4v) is 2.31. The molecule has 1 atom stereocenters. The van der Waals surface area contributed by atoms with Gasteiger partial charge in [0, 0.05) is 10.0 Å². The lowest BCUT2D eigenvalue weighted by Gasteiger charge is -2.13. The van der Waals surface area contributed by atoms with E-state index in [0.29, 0.717) is 5.56 Å². The fourth-order valence-electron chi connectivity index (χ4n) is 1.93. The molecule has 2 rings (SSSR count). The highest BCUT2D eigenvalue weighted by Crippen LogP contribution is 2.19. The monoisotopic (exact) mass is 389 g/mol. The lowest BCUT2D eigenvalue weighted by atomic mass is 10.1. The van der Waals surface area contributed by atoms with Crippen molar-refractivity contribution in [3.63, 3.8) is 0 Å². The Morgan fingerprint density at radius 1 is 1.17 bits per heavy atom. The van der Waals surface area contributed by atoms with Gasteiger partial charge in [0.1, 0.15) is 5.75 Å². The average molecular weight is 390 g/mol. The summed E-state index contributed by atoms with van der Waals surface area (Å²) < 4.78 is 0.752. The van der Waals surface area contributed by atoms with Gasteiger partial charge < -0.3 is 10.4 Å². The van der Waals surface area contributed by atoms with Crippen LogP contribution in [0, 0.1) is 0 Å². The number of hydrogen-bond donors (Lipinski definition) is 3. The number of aromatic hydroxyl groups is 1. The van der Waals surface area contributed by atoms with Crippen LogP contribution in [0.4, 0.5) is 0 Å². The first-order valence-corrected chi connectivity index (χ1v) is 7.94. The zero-order valence-electron chi connectivity index (χ0n) is 12.9. The van der Waals surface area contributed by atoms with Crippen molar-refractivity contribution in [2.45, 2.75) is 13.0 Å². The molecule has 2 aromatic carbocycles. The summed E-state index contributed by atoms with van der Waals surface area (Å²) in [6, 6.07) is 13.8. The number of hydrazone groups is 1. The molecule has 124 valence electrons. The Hall–Kier alpha value is -2.67. The second kappa shape index (κ2) is 8.26. The number of carbonyl (C=O) groups excluding carboxylic acids is 2. The van der Waals surface area contributed by atoms with E-state index in [1.54, 1.807) is 19.1 Å². The number of nitrogens with one attached hydrogen (secondary N) is 2. The predicted molar refractivity (Wildman–Crippen MR) is 94.5 cm³/mol. The van der Waals surface area contributed by atoms with E-state index >= 15 is 0 Å². The summed E-state index contributed by atoms with van der Waals surface area (Å²) in [6.45, 7) is 1.78. The number of phenolic OH excluding ortho intramolecular Hbond substituents is 1. The Kier molecular flexibility index (Phi) is 6.08. The summed E-state index contributed by atoms with van der Waals surface area (Å²) in [5.74, 6) is -1.66. The van der Waals surface area contributed by atoms with Gasteiger partial charge in [-0.3, -0.25) is 9.59 Å². The van der Waals surface area contributed by atoms with Crippen LogP contribution in [-0.2, 0) is 9.59 Å². The topological polar surface area (TPSA) is 90.8 Å². The summed E-state index contributed by atoms with van der Waals surface area (Å²) in [5, 5.41) is 15.9. The molecule has 0 radical (unpaired) electrons. The smallest absolute Gasteiger partial charge is 0.329 e. The van der Waals surface area contributed by atoms with E-state index in [4.69, 9.17) is 0 Å². The van der Waals surface area contributed by atoms with Gasteiger partial charge in [-0.2, -0.15) is 5.10 Å². The van der Waals surface area contributed by atoms with Gasteiger partial charge in [-0.25, -0.2) is 5.43 Å². The zero-order chi connectivity index (χ0) is 17.5. The summed E-state index contributed by atoms with van der Waals surface area (Å²) >= 11 is 3.27. The molecule has 6 nitrogen and oxygen atoms in total. The second-order valence-electron chi connectivity index (χ2n) is 5.01. The Balaban J connectivity index is 1.91. The van der Waals surface area contributed by atoms with Gasteiger partial charge >= 0.3 is 11.8 Å². The maximum atomic E-state index is 11.8.